The first-order valence-electron chi connectivity index (χ1n) is 23.1. The second-order valence-corrected chi connectivity index (χ2v) is 17.5. The van der Waals surface area contributed by atoms with Crippen molar-refractivity contribution in [3.05, 3.63) is 260 Å². The maximum Gasteiger partial charge on any atom is -0.00266 e. The Labute approximate surface area is 387 Å². The molecule has 0 heterocycles. The zero-order chi connectivity index (χ0) is 43.8. The SMILES string of the molecule is C1=CC(c2cc(-c3ccc4ccccc4c3)cc(-c3ccc4c(-c5ccccc5)c(-c5cc(-c6ccccc6)cc(-c6ccc7ccccc7c6)c5)ccc4c3-c3ccccc3)c2)=CCC1. The van der Waals surface area contributed by atoms with E-state index in [1.54, 1.807) is 0 Å². The second kappa shape index (κ2) is 17.0. The van der Waals surface area contributed by atoms with Crippen LogP contribution >= 0.6 is 0 Å². The van der Waals surface area contributed by atoms with Gasteiger partial charge in [0.05, 0.1) is 0 Å². The van der Waals surface area contributed by atoms with Gasteiger partial charge in [-0.05, 0) is 183 Å². The van der Waals surface area contributed by atoms with Crippen molar-refractivity contribution >= 4 is 37.9 Å². The van der Waals surface area contributed by atoms with E-state index in [2.05, 4.69) is 255 Å². The highest BCUT2D eigenvalue weighted by atomic mass is 14.2. The van der Waals surface area contributed by atoms with E-state index in [0.717, 1.165) is 12.8 Å². The van der Waals surface area contributed by atoms with Gasteiger partial charge in [-0.15, -0.1) is 0 Å². The monoisotopic (exact) mass is 838 g/mol. The summed E-state index contributed by atoms with van der Waals surface area (Å²) in [5, 5.41) is 7.43. The van der Waals surface area contributed by atoms with Crippen LogP contribution in [0.2, 0.25) is 0 Å². The van der Waals surface area contributed by atoms with E-state index in [1.807, 2.05) is 0 Å². The van der Waals surface area contributed by atoms with Crippen LogP contribution in [0.1, 0.15) is 18.4 Å². The molecule has 66 heavy (non-hydrogen) atoms. The van der Waals surface area contributed by atoms with Crippen LogP contribution < -0.4 is 0 Å². The molecule has 0 atom stereocenters. The van der Waals surface area contributed by atoms with E-state index >= 15 is 0 Å². The first-order valence-corrected chi connectivity index (χ1v) is 23.1. The molecule has 12 rings (SSSR count). The van der Waals surface area contributed by atoms with Crippen LogP contribution in [0.5, 0.6) is 0 Å². The maximum atomic E-state index is 2.41. The Kier molecular flexibility index (Phi) is 10.1. The van der Waals surface area contributed by atoms with Crippen molar-refractivity contribution in [1.82, 2.24) is 0 Å². The van der Waals surface area contributed by atoms with Gasteiger partial charge in [0.15, 0.2) is 0 Å². The van der Waals surface area contributed by atoms with Crippen molar-refractivity contribution in [3.63, 3.8) is 0 Å². The molecule has 0 saturated heterocycles. The minimum atomic E-state index is 1.05. The number of hydrogen-bond acceptors (Lipinski definition) is 0. The fourth-order valence-corrected chi connectivity index (χ4v) is 10.1. The molecule has 1 aliphatic carbocycles. The third kappa shape index (κ3) is 7.43. The fraction of sp³-hybridized carbons (Fsp3) is 0.0303. The van der Waals surface area contributed by atoms with Crippen molar-refractivity contribution < 1.29 is 0 Å². The molecule has 0 spiro atoms. The van der Waals surface area contributed by atoms with E-state index in [4.69, 9.17) is 0 Å². The lowest BCUT2D eigenvalue weighted by molar-refractivity contribution is 1.04. The average Bonchev–Trinajstić information content (AvgIpc) is 3.40. The van der Waals surface area contributed by atoms with Crippen molar-refractivity contribution in [2.75, 3.05) is 0 Å². The van der Waals surface area contributed by atoms with Crippen molar-refractivity contribution in [3.8, 4) is 77.9 Å². The summed E-state index contributed by atoms with van der Waals surface area (Å²) < 4.78 is 0. The molecular formula is C66H46. The minimum absolute atomic E-state index is 1.05. The van der Waals surface area contributed by atoms with Gasteiger partial charge >= 0.3 is 0 Å². The predicted octanol–water partition coefficient (Wildman–Crippen LogP) is 18.5. The molecule has 0 fully saturated rings. The molecule has 0 amide bonds. The predicted molar refractivity (Wildman–Crippen MR) is 283 cm³/mol. The van der Waals surface area contributed by atoms with Crippen molar-refractivity contribution in [2.24, 2.45) is 0 Å². The number of fused-ring (bicyclic) bond motifs is 3. The largest absolute Gasteiger partial charge is 0.0836 e. The smallest absolute Gasteiger partial charge is 0.00266 e. The van der Waals surface area contributed by atoms with Gasteiger partial charge < -0.3 is 0 Å². The molecule has 0 unspecified atom stereocenters. The van der Waals surface area contributed by atoms with Crippen LogP contribution in [0.3, 0.4) is 0 Å². The summed E-state index contributed by atoms with van der Waals surface area (Å²) in [7, 11) is 0. The van der Waals surface area contributed by atoms with Gasteiger partial charge in [0.2, 0.25) is 0 Å². The summed E-state index contributed by atoms with van der Waals surface area (Å²) >= 11 is 0. The molecule has 0 N–H and O–H groups in total. The molecule has 0 aliphatic heterocycles. The van der Waals surface area contributed by atoms with Gasteiger partial charge in [0.25, 0.3) is 0 Å². The molecule has 0 nitrogen and oxygen atoms in total. The third-order valence-corrected chi connectivity index (χ3v) is 13.4. The Morgan fingerprint density at radius 2 is 0.652 bits per heavy atom. The van der Waals surface area contributed by atoms with Crippen LogP contribution in [0.15, 0.2) is 255 Å². The maximum absolute atomic E-state index is 2.41. The van der Waals surface area contributed by atoms with Gasteiger partial charge in [-0.3, -0.25) is 0 Å². The van der Waals surface area contributed by atoms with E-state index in [-0.39, 0.29) is 0 Å². The summed E-state index contributed by atoms with van der Waals surface area (Å²) in [5.74, 6) is 0. The quantitative estimate of drug-likeness (QED) is 0.143. The zero-order valence-electron chi connectivity index (χ0n) is 36.7. The normalized spacial score (nSPS) is 12.5. The van der Waals surface area contributed by atoms with E-state index in [0.29, 0.717) is 0 Å². The number of rotatable bonds is 8. The molecule has 0 aromatic heterocycles. The van der Waals surface area contributed by atoms with Gasteiger partial charge in [-0.2, -0.15) is 0 Å². The Balaban J connectivity index is 1.11. The summed E-state index contributed by atoms with van der Waals surface area (Å²) in [6, 6.07) is 87.7. The molecule has 0 radical (unpaired) electrons. The minimum Gasteiger partial charge on any atom is -0.0836 e. The van der Waals surface area contributed by atoms with Gasteiger partial charge in [0, 0.05) is 0 Å². The Morgan fingerprint density at radius 3 is 1.14 bits per heavy atom. The third-order valence-electron chi connectivity index (χ3n) is 13.4. The van der Waals surface area contributed by atoms with Gasteiger partial charge in [-0.25, -0.2) is 0 Å². The molecule has 310 valence electrons. The molecule has 11 aromatic carbocycles. The number of allylic oxidation sites excluding steroid dienone is 4. The topological polar surface area (TPSA) is 0 Å². The van der Waals surface area contributed by atoms with E-state index in [1.165, 1.54) is 121 Å². The lowest BCUT2D eigenvalue weighted by atomic mass is 9.82. The van der Waals surface area contributed by atoms with Crippen LogP contribution in [-0.2, 0) is 0 Å². The summed E-state index contributed by atoms with van der Waals surface area (Å²) in [6.45, 7) is 0. The van der Waals surface area contributed by atoms with Gasteiger partial charge in [0.1, 0.15) is 0 Å². The highest BCUT2D eigenvalue weighted by Gasteiger charge is 2.20. The molecule has 1 aliphatic rings. The van der Waals surface area contributed by atoms with Crippen molar-refractivity contribution in [1.29, 1.82) is 0 Å². The highest BCUT2D eigenvalue weighted by Crippen LogP contribution is 2.47. The van der Waals surface area contributed by atoms with Crippen LogP contribution in [-0.4, -0.2) is 0 Å². The Hall–Kier alpha value is -8.32. The fourth-order valence-electron chi connectivity index (χ4n) is 10.1. The average molecular weight is 839 g/mol. The summed E-state index contributed by atoms with van der Waals surface area (Å²) in [6.07, 6.45) is 9.14. The van der Waals surface area contributed by atoms with Gasteiger partial charge in [-0.1, -0.05) is 206 Å². The summed E-state index contributed by atoms with van der Waals surface area (Å²) in [5.41, 5.74) is 19.4. The molecule has 0 heteroatoms. The lowest BCUT2D eigenvalue weighted by Gasteiger charge is -2.21. The number of hydrogen-bond donors (Lipinski definition) is 0. The lowest BCUT2D eigenvalue weighted by Crippen LogP contribution is -1.95. The first-order chi connectivity index (χ1) is 32.7. The van der Waals surface area contributed by atoms with E-state index in [9.17, 15) is 0 Å². The first kappa shape index (κ1) is 39.3. The standard InChI is InChI=1S/C66H46/c1-5-17-45(18-6-1)55-39-57(53-31-29-47-21-13-15-27-51(47)37-53)43-59(41-55)61-33-35-64-63(65(61)49-23-9-3-10-24-49)36-34-62(66(64)50-25-11-4-12-26-50)60-42-56(46-19-7-2-8-20-46)40-58(44-60)54-32-30-48-22-14-16-28-52(48)38-54/h1,3-7,9-44H,2,8H2. The Bertz CT molecular complexity index is 3670. The van der Waals surface area contributed by atoms with Crippen LogP contribution in [0.4, 0.5) is 0 Å². The molecule has 0 bridgehead atoms. The molecular weight excluding hydrogens is 793 g/mol. The van der Waals surface area contributed by atoms with Crippen molar-refractivity contribution in [2.45, 2.75) is 12.8 Å². The zero-order valence-corrected chi connectivity index (χ0v) is 36.7. The molecule has 11 aromatic rings. The Morgan fingerprint density at radius 1 is 0.242 bits per heavy atom. The van der Waals surface area contributed by atoms with E-state index < -0.39 is 0 Å². The van der Waals surface area contributed by atoms with Crippen LogP contribution in [0.25, 0.3) is 116 Å². The second-order valence-electron chi connectivity index (χ2n) is 17.5. The highest BCUT2D eigenvalue weighted by molar-refractivity contribution is 6.13. The molecule has 0 saturated carbocycles. The number of benzene rings is 11. The van der Waals surface area contributed by atoms with Crippen LogP contribution in [0, 0.1) is 0 Å². The summed E-state index contributed by atoms with van der Waals surface area (Å²) in [4.78, 5) is 0.